The zero-order chi connectivity index (χ0) is 14.9. The van der Waals surface area contributed by atoms with Crippen LogP contribution in [0.5, 0.6) is 0 Å². The van der Waals surface area contributed by atoms with Crippen molar-refractivity contribution in [3.05, 3.63) is 59.4 Å². The molecule has 2 aromatic rings. The van der Waals surface area contributed by atoms with Gasteiger partial charge < -0.3 is 0 Å². The SMILES string of the molecule is CC(C)c1cc(F)cc(-c2ccc(C(C)(C)C)cc2)c1. The highest BCUT2D eigenvalue weighted by Gasteiger charge is 2.13. The topological polar surface area (TPSA) is 0 Å². The molecule has 0 aliphatic rings. The lowest BCUT2D eigenvalue weighted by atomic mass is 9.86. The summed E-state index contributed by atoms with van der Waals surface area (Å²) in [6.07, 6.45) is 0. The van der Waals surface area contributed by atoms with Crippen molar-refractivity contribution in [3.63, 3.8) is 0 Å². The van der Waals surface area contributed by atoms with Gasteiger partial charge in [0.15, 0.2) is 0 Å². The maximum absolute atomic E-state index is 13.7. The van der Waals surface area contributed by atoms with Gasteiger partial charge >= 0.3 is 0 Å². The van der Waals surface area contributed by atoms with Gasteiger partial charge in [0, 0.05) is 0 Å². The van der Waals surface area contributed by atoms with Crippen LogP contribution in [0, 0.1) is 5.82 Å². The van der Waals surface area contributed by atoms with Gasteiger partial charge in [0.25, 0.3) is 0 Å². The van der Waals surface area contributed by atoms with Gasteiger partial charge in [0.1, 0.15) is 5.82 Å². The predicted octanol–water partition coefficient (Wildman–Crippen LogP) is 5.91. The molecule has 2 rings (SSSR count). The normalized spacial score (nSPS) is 11.9. The Morgan fingerprint density at radius 1 is 0.850 bits per heavy atom. The Labute approximate surface area is 121 Å². The Hall–Kier alpha value is -1.63. The molecule has 0 unspecified atom stereocenters. The molecule has 1 heteroatoms. The fourth-order valence-electron chi connectivity index (χ4n) is 2.28. The summed E-state index contributed by atoms with van der Waals surface area (Å²) < 4.78 is 13.7. The van der Waals surface area contributed by atoms with Crippen molar-refractivity contribution < 1.29 is 4.39 Å². The van der Waals surface area contributed by atoms with E-state index in [0.717, 1.165) is 16.7 Å². The van der Waals surface area contributed by atoms with E-state index in [1.165, 1.54) is 5.56 Å². The van der Waals surface area contributed by atoms with Gasteiger partial charge in [-0.15, -0.1) is 0 Å². The molecule has 106 valence electrons. The Kier molecular flexibility index (Phi) is 3.99. The van der Waals surface area contributed by atoms with E-state index < -0.39 is 0 Å². The minimum Gasteiger partial charge on any atom is -0.207 e. The largest absolute Gasteiger partial charge is 0.207 e. The van der Waals surface area contributed by atoms with E-state index in [4.69, 9.17) is 0 Å². The lowest BCUT2D eigenvalue weighted by molar-refractivity contribution is 0.590. The molecule has 0 bridgehead atoms. The van der Waals surface area contributed by atoms with Crippen LogP contribution in [-0.2, 0) is 5.41 Å². The summed E-state index contributed by atoms with van der Waals surface area (Å²) in [5, 5.41) is 0. The van der Waals surface area contributed by atoms with Crippen LogP contribution in [0.3, 0.4) is 0 Å². The fourth-order valence-corrected chi connectivity index (χ4v) is 2.28. The van der Waals surface area contributed by atoms with E-state index in [-0.39, 0.29) is 11.2 Å². The lowest BCUT2D eigenvalue weighted by Gasteiger charge is -2.19. The van der Waals surface area contributed by atoms with E-state index in [2.05, 4.69) is 65.0 Å². The van der Waals surface area contributed by atoms with Crippen LogP contribution in [0.4, 0.5) is 4.39 Å². The van der Waals surface area contributed by atoms with Gasteiger partial charge in [-0.1, -0.05) is 65.0 Å². The number of hydrogen-bond donors (Lipinski definition) is 0. The summed E-state index contributed by atoms with van der Waals surface area (Å²) in [5.74, 6) is 0.171. The highest BCUT2D eigenvalue weighted by molar-refractivity contribution is 5.65. The first-order chi connectivity index (χ1) is 9.27. The van der Waals surface area contributed by atoms with Crippen molar-refractivity contribution in [1.29, 1.82) is 0 Å². The smallest absolute Gasteiger partial charge is 0.124 e. The minimum absolute atomic E-state index is 0.142. The van der Waals surface area contributed by atoms with Gasteiger partial charge in [0.05, 0.1) is 0 Å². The van der Waals surface area contributed by atoms with Crippen LogP contribution in [0.2, 0.25) is 0 Å². The highest BCUT2D eigenvalue weighted by Crippen LogP contribution is 2.28. The van der Waals surface area contributed by atoms with Crippen molar-refractivity contribution in [2.24, 2.45) is 0 Å². The van der Waals surface area contributed by atoms with E-state index in [0.29, 0.717) is 5.92 Å². The van der Waals surface area contributed by atoms with Gasteiger partial charge in [-0.2, -0.15) is 0 Å². The summed E-state index contributed by atoms with van der Waals surface area (Å²) in [6, 6.07) is 13.7. The number of hydrogen-bond acceptors (Lipinski definition) is 0. The van der Waals surface area contributed by atoms with Crippen molar-refractivity contribution in [2.45, 2.75) is 46.0 Å². The first-order valence-corrected chi connectivity index (χ1v) is 7.19. The third-order valence-corrected chi connectivity index (χ3v) is 3.67. The second-order valence-corrected chi connectivity index (χ2v) is 6.76. The van der Waals surface area contributed by atoms with E-state index in [1.54, 1.807) is 12.1 Å². The number of halogens is 1. The molecule has 0 saturated heterocycles. The summed E-state index contributed by atoms with van der Waals surface area (Å²) in [4.78, 5) is 0. The summed E-state index contributed by atoms with van der Waals surface area (Å²) in [7, 11) is 0. The van der Waals surface area contributed by atoms with Crippen LogP contribution in [0.1, 0.15) is 51.7 Å². The average Bonchev–Trinajstić information content (AvgIpc) is 2.37. The van der Waals surface area contributed by atoms with Crippen molar-refractivity contribution >= 4 is 0 Å². The molecule has 0 fully saturated rings. The van der Waals surface area contributed by atoms with Crippen LogP contribution in [0.15, 0.2) is 42.5 Å². The Balaban J connectivity index is 2.41. The fraction of sp³-hybridized carbons (Fsp3) is 0.368. The van der Waals surface area contributed by atoms with Crippen LogP contribution < -0.4 is 0 Å². The van der Waals surface area contributed by atoms with E-state index >= 15 is 0 Å². The van der Waals surface area contributed by atoms with Crippen molar-refractivity contribution in [2.75, 3.05) is 0 Å². The molecule has 0 saturated carbocycles. The molecule has 0 heterocycles. The molecule has 0 aromatic heterocycles. The molecule has 0 aliphatic carbocycles. The maximum atomic E-state index is 13.7. The molecule has 0 N–H and O–H groups in total. The van der Waals surface area contributed by atoms with Crippen molar-refractivity contribution in [3.8, 4) is 11.1 Å². The zero-order valence-corrected chi connectivity index (χ0v) is 13.0. The molecular weight excluding hydrogens is 247 g/mol. The van der Waals surface area contributed by atoms with Gasteiger partial charge in [-0.25, -0.2) is 4.39 Å². The summed E-state index contributed by atoms with van der Waals surface area (Å²) >= 11 is 0. The molecule has 0 nitrogen and oxygen atoms in total. The standard InChI is InChI=1S/C19H23F/c1-13(2)15-10-16(12-18(20)11-15)14-6-8-17(9-7-14)19(3,4)5/h6-13H,1-5H3. The van der Waals surface area contributed by atoms with Crippen LogP contribution >= 0.6 is 0 Å². The molecule has 0 radical (unpaired) electrons. The lowest BCUT2D eigenvalue weighted by Crippen LogP contribution is -2.10. The third-order valence-electron chi connectivity index (χ3n) is 3.67. The molecule has 20 heavy (non-hydrogen) atoms. The first-order valence-electron chi connectivity index (χ1n) is 7.19. The molecule has 0 aliphatic heterocycles. The molecule has 0 atom stereocenters. The maximum Gasteiger partial charge on any atom is 0.124 e. The Morgan fingerprint density at radius 2 is 1.45 bits per heavy atom. The van der Waals surface area contributed by atoms with Crippen molar-refractivity contribution in [1.82, 2.24) is 0 Å². The number of rotatable bonds is 2. The molecule has 0 spiro atoms. The zero-order valence-electron chi connectivity index (χ0n) is 13.0. The summed E-state index contributed by atoms with van der Waals surface area (Å²) in [5.41, 5.74) is 4.50. The van der Waals surface area contributed by atoms with Gasteiger partial charge in [-0.3, -0.25) is 0 Å². The number of benzene rings is 2. The monoisotopic (exact) mass is 270 g/mol. The highest BCUT2D eigenvalue weighted by atomic mass is 19.1. The van der Waals surface area contributed by atoms with E-state index in [1.807, 2.05) is 0 Å². The molecule has 0 amide bonds. The third kappa shape index (κ3) is 3.27. The van der Waals surface area contributed by atoms with E-state index in [9.17, 15) is 4.39 Å². The first kappa shape index (κ1) is 14.8. The average molecular weight is 270 g/mol. The molecule has 2 aromatic carbocycles. The molecular formula is C19H23F. The Morgan fingerprint density at radius 3 is 1.95 bits per heavy atom. The van der Waals surface area contributed by atoms with Crippen LogP contribution in [-0.4, -0.2) is 0 Å². The predicted molar refractivity (Wildman–Crippen MR) is 84.6 cm³/mol. The summed E-state index contributed by atoms with van der Waals surface area (Å²) in [6.45, 7) is 10.8. The second-order valence-electron chi connectivity index (χ2n) is 6.76. The second kappa shape index (κ2) is 5.40. The minimum atomic E-state index is -0.161. The van der Waals surface area contributed by atoms with Crippen LogP contribution in [0.25, 0.3) is 11.1 Å². The Bertz CT molecular complexity index is 586. The quantitative estimate of drug-likeness (QED) is 0.636. The van der Waals surface area contributed by atoms with Gasteiger partial charge in [-0.05, 0) is 45.7 Å². The van der Waals surface area contributed by atoms with Gasteiger partial charge in [0.2, 0.25) is 0 Å².